The minimum absolute atomic E-state index is 0.0282. The molecule has 1 aliphatic rings. The van der Waals surface area contributed by atoms with Gasteiger partial charge in [0.25, 0.3) is 0 Å². The maximum absolute atomic E-state index is 12.5. The second-order valence-corrected chi connectivity index (χ2v) is 7.35. The zero-order valence-corrected chi connectivity index (χ0v) is 15.7. The molecule has 0 spiro atoms. The lowest BCUT2D eigenvalue weighted by Crippen LogP contribution is -2.28. The lowest BCUT2D eigenvalue weighted by molar-refractivity contribution is -0.121. The number of hydrogen-bond acceptors (Lipinski definition) is 3. The van der Waals surface area contributed by atoms with Gasteiger partial charge in [0.2, 0.25) is 5.91 Å². The topological polar surface area (TPSA) is 59.3 Å². The first-order valence-corrected chi connectivity index (χ1v) is 9.43. The van der Waals surface area contributed by atoms with E-state index in [4.69, 9.17) is 4.42 Å². The van der Waals surface area contributed by atoms with Crippen molar-refractivity contribution in [1.29, 1.82) is 0 Å². The van der Waals surface area contributed by atoms with Gasteiger partial charge < -0.3 is 9.73 Å². The summed E-state index contributed by atoms with van der Waals surface area (Å²) in [5.74, 6) is -0.0282. The summed E-state index contributed by atoms with van der Waals surface area (Å²) < 4.78 is 5.48. The Morgan fingerprint density at radius 3 is 2.85 bits per heavy atom. The number of nitrogens with one attached hydrogen (secondary N) is 1. The summed E-state index contributed by atoms with van der Waals surface area (Å²) >= 11 is 0. The molecule has 2 aromatic carbocycles. The average Bonchev–Trinajstić information content (AvgIpc) is 3.04. The second-order valence-electron chi connectivity index (χ2n) is 7.35. The molecule has 0 bridgehead atoms. The van der Waals surface area contributed by atoms with Gasteiger partial charge in [-0.2, -0.15) is 0 Å². The first-order valence-electron chi connectivity index (χ1n) is 9.43. The molecule has 0 unspecified atom stereocenters. The number of aryl methyl sites for hydroxylation is 3. The molecule has 4 heteroatoms. The highest BCUT2D eigenvalue weighted by Gasteiger charge is 2.23. The van der Waals surface area contributed by atoms with Gasteiger partial charge in [-0.15, -0.1) is 0 Å². The summed E-state index contributed by atoms with van der Waals surface area (Å²) in [6, 6.07) is 14.2. The fourth-order valence-corrected chi connectivity index (χ4v) is 4.00. The molecule has 1 N–H and O–H groups in total. The predicted octanol–water partition coefficient (Wildman–Crippen LogP) is 4.15. The van der Waals surface area contributed by atoms with E-state index in [1.165, 1.54) is 11.1 Å². The van der Waals surface area contributed by atoms with Gasteiger partial charge in [0, 0.05) is 17.4 Å². The van der Waals surface area contributed by atoms with E-state index in [-0.39, 0.29) is 24.0 Å². The summed E-state index contributed by atoms with van der Waals surface area (Å²) in [5.41, 5.74) is 5.33. The summed E-state index contributed by atoms with van der Waals surface area (Å²) in [5, 5.41) is 4.05. The van der Waals surface area contributed by atoms with E-state index in [0.29, 0.717) is 17.6 Å². The number of hydrogen-bond donors (Lipinski definition) is 1. The Hall–Kier alpha value is -2.88. The third-order valence-electron chi connectivity index (χ3n) is 5.51. The van der Waals surface area contributed by atoms with E-state index in [1.54, 1.807) is 0 Å². The third kappa shape index (κ3) is 3.39. The van der Waals surface area contributed by atoms with E-state index >= 15 is 0 Å². The van der Waals surface area contributed by atoms with Crippen LogP contribution in [0.25, 0.3) is 11.0 Å². The first-order chi connectivity index (χ1) is 13.0. The largest absolute Gasteiger partial charge is 0.423 e. The lowest BCUT2D eigenvalue weighted by atomic mass is 10.0. The van der Waals surface area contributed by atoms with E-state index in [9.17, 15) is 9.59 Å². The number of rotatable bonds is 4. The molecule has 138 valence electrons. The van der Waals surface area contributed by atoms with Crippen molar-refractivity contribution in [3.8, 4) is 0 Å². The zero-order chi connectivity index (χ0) is 19.0. The van der Waals surface area contributed by atoms with E-state index in [1.807, 2.05) is 44.2 Å². The molecule has 1 atom stereocenters. The van der Waals surface area contributed by atoms with Crippen LogP contribution < -0.4 is 10.9 Å². The van der Waals surface area contributed by atoms with Crippen LogP contribution >= 0.6 is 0 Å². The Balaban J connectivity index is 1.48. The van der Waals surface area contributed by atoms with Crippen LogP contribution in [0.2, 0.25) is 0 Å². The van der Waals surface area contributed by atoms with Crippen molar-refractivity contribution in [2.45, 2.75) is 45.6 Å². The average molecular weight is 361 g/mol. The molecule has 3 aromatic rings. The molecule has 0 fully saturated rings. The van der Waals surface area contributed by atoms with Crippen molar-refractivity contribution in [3.05, 3.63) is 80.7 Å². The van der Waals surface area contributed by atoms with Crippen LogP contribution in [0.15, 0.2) is 51.7 Å². The Kier molecular flexibility index (Phi) is 4.56. The molecular weight excluding hydrogens is 338 g/mol. The summed E-state index contributed by atoms with van der Waals surface area (Å²) in [6.45, 7) is 3.89. The van der Waals surface area contributed by atoms with Gasteiger partial charge in [-0.05, 0) is 61.4 Å². The molecule has 0 aliphatic heterocycles. The number of carbonyl (C=O) groups excluding carboxylic acids is 1. The summed E-state index contributed by atoms with van der Waals surface area (Å²) in [6.07, 6.45) is 2.59. The van der Waals surface area contributed by atoms with Crippen molar-refractivity contribution >= 4 is 16.9 Å². The van der Waals surface area contributed by atoms with Gasteiger partial charge in [0.1, 0.15) is 5.58 Å². The van der Waals surface area contributed by atoms with Crippen LogP contribution in [0.5, 0.6) is 0 Å². The summed E-state index contributed by atoms with van der Waals surface area (Å²) in [4.78, 5) is 24.9. The smallest absolute Gasteiger partial charge is 0.339 e. The molecule has 27 heavy (non-hydrogen) atoms. The van der Waals surface area contributed by atoms with Crippen LogP contribution in [-0.2, 0) is 17.6 Å². The Morgan fingerprint density at radius 1 is 1.19 bits per heavy atom. The van der Waals surface area contributed by atoms with Crippen molar-refractivity contribution in [2.24, 2.45) is 0 Å². The number of fused-ring (bicyclic) bond motifs is 2. The minimum Gasteiger partial charge on any atom is -0.423 e. The summed E-state index contributed by atoms with van der Waals surface area (Å²) in [7, 11) is 0. The van der Waals surface area contributed by atoms with Crippen LogP contribution in [0.3, 0.4) is 0 Å². The molecule has 0 radical (unpaired) electrons. The highest BCUT2D eigenvalue weighted by molar-refractivity contribution is 5.82. The standard InChI is InChI=1S/C23H23NO3/c1-14-7-9-17-15(2)18(23(26)27-21(17)13-14)10-12-22(25)24-20-11-8-16-5-3-4-6-19(16)20/h3-7,9,13,20H,8,10-12H2,1-2H3,(H,24,25)/t20-/m0/s1. The van der Waals surface area contributed by atoms with Crippen LogP contribution in [0.1, 0.15) is 46.7 Å². The second kappa shape index (κ2) is 7.03. The fourth-order valence-electron chi connectivity index (χ4n) is 4.00. The SMILES string of the molecule is Cc1ccc2c(C)c(CCC(=O)N[C@H]3CCc4ccccc43)c(=O)oc2c1. The first kappa shape index (κ1) is 17.5. The van der Waals surface area contributed by atoms with Crippen molar-refractivity contribution in [2.75, 3.05) is 0 Å². The van der Waals surface area contributed by atoms with Crippen molar-refractivity contribution < 1.29 is 9.21 Å². The Morgan fingerprint density at radius 2 is 2.00 bits per heavy atom. The molecule has 1 aromatic heterocycles. The number of amides is 1. The third-order valence-corrected chi connectivity index (χ3v) is 5.51. The lowest BCUT2D eigenvalue weighted by Gasteiger charge is -2.14. The highest BCUT2D eigenvalue weighted by atomic mass is 16.4. The monoisotopic (exact) mass is 361 g/mol. The quantitative estimate of drug-likeness (QED) is 0.710. The highest BCUT2D eigenvalue weighted by Crippen LogP contribution is 2.30. The van der Waals surface area contributed by atoms with Gasteiger partial charge in [-0.25, -0.2) is 4.79 Å². The molecule has 0 saturated carbocycles. The molecule has 1 aliphatic carbocycles. The normalized spacial score (nSPS) is 15.7. The van der Waals surface area contributed by atoms with Gasteiger partial charge in [-0.1, -0.05) is 36.4 Å². The van der Waals surface area contributed by atoms with Gasteiger partial charge >= 0.3 is 5.63 Å². The molecule has 4 nitrogen and oxygen atoms in total. The van der Waals surface area contributed by atoms with Gasteiger partial charge in [-0.3, -0.25) is 4.79 Å². The fraction of sp³-hybridized carbons (Fsp3) is 0.304. The molecular formula is C23H23NO3. The van der Waals surface area contributed by atoms with Crippen LogP contribution in [0, 0.1) is 13.8 Å². The van der Waals surface area contributed by atoms with Crippen molar-refractivity contribution in [1.82, 2.24) is 5.32 Å². The van der Waals surface area contributed by atoms with Crippen LogP contribution in [0.4, 0.5) is 0 Å². The number of carbonyl (C=O) groups is 1. The number of benzene rings is 2. The minimum atomic E-state index is -0.343. The zero-order valence-electron chi connectivity index (χ0n) is 15.7. The Labute approximate surface area is 158 Å². The molecule has 1 heterocycles. The van der Waals surface area contributed by atoms with E-state index in [0.717, 1.165) is 29.4 Å². The van der Waals surface area contributed by atoms with E-state index in [2.05, 4.69) is 17.4 Å². The Bertz CT molecular complexity index is 1080. The predicted molar refractivity (Wildman–Crippen MR) is 106 cm³/mol. The van der Waals surface area contributed by atoms with Crippen LogP contribution in [-0.4, -0.2) is 5.91 Å². The van der Waals surface area contributed by atoms with Gasteiger partial charge in [0.15, 0.2) is 0 Å². The molecule has 0 saturated heterocycles. The molecule has 1 amide bonds. The molecule has 4 rings (SSSR count). The maximum atomic E-state index is 12.5. The van der Waals surface area contributed by atoms with E-state index < -0.39 is 0 Å². The van der Waals surface area contributed by atoms with Gasteiger partial charge in [0.05, 0.1) is 6.04 Å². The van der Waals surface area contributed by atoms with Crippen molar-refractivity contribution in [3.63, 3.8) is 0 Å². The maximum Gasteiger partial charge on any atom is 0.339 e.